The van der Waals surface area contributed by atoms with E-state index in [1.54, 1.807) is 0 Å². The third-order valence-corrected chi connectivity index (χ3v) is 3.89. The number of aromatic nitrogens is 1. The minimum absolute atomic E-state index is 0.0985. The van der Waals surface area contributed by atoms with E-state index in [-0.39, 0.29) is 34.7 Å². The number of thiazole rings is 1. The highest BCUT2D eigenvalue weighted by Crippen LogP contribution is 2.24. The Kier molecular flexibility index (Phi) is 5.31. The molecule has 3 N–H and O–H groups in total. The molecule has 0 bridgehead atoms. The monoisotopic (exact) mass is 327 g/mol. The Morgan fingerprint density at radius 1 is 1.36 bits per heavy atom. The number of anilines is 1. The third kappa shape index (κ3) is 4.42. The fourth-order valence-electron chi connectivity index (χ4n) is 2.21. The predicted octanol–water partition coefficient (Wildman–Crippen LogP) is 1.40. The first kappa shape index (κ1) is 16.2. The first-order valence-corrected chi connectivity index (χ1v) is 7.69. The van der Waals surface area contributed by atoms with Crippen LogP contribution < -0.4 is 5.73 Å². The van der Waals surface area contributed by atoms with Crippen LogP contribution in [0, 0.1) is 0 Å². The van der Waals surface area contributed by atoms with Gasteiger partial charge in [-0.05, 0) is 25.7 Å². The first-order valence-electron chi connectivity index (χ1n) is 6.81. The van der Waals surface area contributed by atoms with Gasteiger partial charge in [0.25, 0.3) is 0 Å². The zero-order valence-corrected chi connectivity index (χ0v) is 12.8. The van der Waals surface area contributed by atoms with Crippen LogP contribution in [-0.4, -0.2) is 39.9 Å². The second-order valence-electron chi connectivity index (χ2n) is 4.93. The number of aliphatic carboxylic acids is 1. The van der Waals surface area contributed by atoms with Crippen LogP contribution in [-0.2, 0) is 19.2 Å². The number of nitrogens with two attached hydrogens (primary N) is 1. The lowest BCUT2D eigenvalue weighted by atomic mass is 9.95. The summed E-state index contributed by atoms with van der Waals surface area (Å²) in [6.45, 7) is 1.38. The van der Waals surface area contributed by atoms with Crippen LogP contribution in [0.4, 0.5) is 5.13 Å². The number of oxime groups is 1. The Bertz CT molecular complexity index is 578. The van der Waals surface area contributed by atoms with Gasteiger partial charge in [-0.1, -0.05) is 5.16 Å². The van der Waals surface area contributed by atoms with Crippen molar-refractivity contribution in [3.8, 4) is 0 Å². The summed E-state index contributed by atoms with van der Waals surface area (Å²) in [6, 6.07) is 0. The van der Waals surface area contributed by atoms with Gasteiger partial charge in [0.2, 0.25) is 5.71 Å². The number of nitrogens with zero attached hydrogens (tertiary/aromatic N) is 2. The van der Waals surface area contributed by atoms with E-state index in [0.29, 0.717) is 25.7 Å². The van der Waals surface area contributed by atoms with Crippen molar-refractivity contribution in [2.24, 2.45) is 5.16 Å². The summed E-state index contributed by atoms with van der Waals surface area (Å²) in [7, 11) is 0. The number of carbonyl (C=O) groups excluding carboxylic acids is 1. The maximum Gasteiger partial charge on any atom is 0.360 e. The highest BCUT2D eigenvalue weighted by molar-refractivity contribution is 7.13. The lowest BCUT2D eigenvalue weighted by Crippen LogP contribution is -2.27. The molecule has 0 amide bonds. The minimum atomic E-state index is -1.22. The van der Waals surface area contributed by atoms with Crippen molar-refractivity contribution < 1.29 is 24.3 Å². The van der Waals surface area contributed by atoms with Crippen molar-refractivity contribution in [1.29, 1.82) is 0 Å². The SMILES string of the molecule is CC(=O)OC1CCC(ON=C(C(=O)O)c2csc(N)n2)CC1. The van der Waals surface area contributed by atoms with Crippen LogP contribution >= 0.6 is 11.3 Å². The maximum atomic E-state index is 11.2. The number of hydrogen-bond acceptors (Lipinski definition) is 8. The Hall–Kier alpha value is -2.16. The second-order valence-corrected chi connectivity index (χ2v) is 5.82. The average Bonchev–Trinajstić information content (AvgIpc) is 2.86. The molecule has 0 saturated heterocycles. The fourth-order valence-corrected chi connectivity index (χ4v) is 2.76. The van der Waals surface area contributed by atoms with Gasteiger partial charge in [-0.25, -0.2) is 9.78 Å². The van der Waals surface area contributed by atoms with Crippen LogP contribution in [0.25, 0.3) is 0 Å². The zero-order valence-electron chi connectivity index (χ0n) is 12.0. The summed E-state index contributed by atoms with van der Waals surface area (Å²) in [5, 5.41) is 14.7. The molecule has 0 aromatic carbocycles. The zero-order chi connectivity index (χ0) is 16.1. The second kappa shape index (κ2) is 7.21. The van der Waals surface area contributed by atoms with Gasteiger partial charge in [-0.3, -0.25) is 4.79 Å². The molecule has 1 heterocycles. The molecule has 120 valence electrons. The molecule has 9 heteroatoms. The number of carbonyl (C=O) groups is 2. The van der Waals surface area contributed by atoms with Gasteiger partial charge in [0.1, 0.15) is 17.9 Å². The van der Waals surface area contributed by atoms with Crippen LogP contribution in [0.2, 0.25) is 0 Å². The van der Waals surface area contributed by atoms with Gasteiger partial charge in [-0.15, -0.1) is 11.3 Å². The number of carboxylic acids is 1. The van der Waals surface area contributed by atoms with E-state index in [9.17, 15) is 9.59 Å². The Morgan fingerprint density at radius 2 is 2.00 bits per heavy atom. The van der Waals surface area contributed by atoms with E-state index in [1.807, 2.05) is 0 Å². The number of nitrogen functional groups attached to an aromatic ring is 1. The van der Waals surface area contributed by atoms with Crippen molar-refractivity contribution in [2.45, 2.75) is 44.8 Å². The van der Waals surface area contributed by atoms with Crippen molar-refractivity contribution in [3.63, 3.8) is 0 Å². The molecule has 1 aliphatic carbocycles. The van der Waals surface area contributed by atoms with Crippen molar-refractivity contribution in [2.75, 3.05) is 5.73 Å². The highest BCUT2D eigenvalue weighted by atomic mass is 32.1. The van der Waals surface area contributed by atoms with Gasteiger partial charge in [0.05, 0.1) is 0 Å². The Labute approximate surface area is 130 Å². The number of esters is 1. The van der Waals surface area contributed by atoms with Gasteiger partial charge in [0.15, 0.2) is 5.13 Å². The standard InChI is InChI=1S/C13H17N3O5S/c1-7(17)20-8-2-4-9(5-3-8)21-16-11(12(18)19)10-6-22-13(14)15-10/h6,8-9H,2-5H2,1H3,(H2,14,15)(H,18,19). The lowest BCUT2D eigenvalue weighted by Gasteiger charge is -2.26. The van der Waals surface area contributed by atoms with Crippen LogP contribution in [0.3, 0.4) is 0 Å². The molecule has 0 aliphatic heterocycles. The molecule has 0 radical (unpaired) electrons. The molecule has 8 nitrogen and oxygen atoms in total. The van der Waals surface area contributed by atoms with E-state index in [0.717, 1.165) is 11.3 Å². The smallest absolute Gasteiger partial charge is 0.360 e. The first-order chi connectivity index (χ1) is 10.5. The third-order valence-electron chi connectivity index (χ3n) is 3.21. The van der Waals surface area contributed by atoms with E-state index in [1.165, 1.54) is 12.3 Å². The maximum absolute atomic E-state index is 11.2. The number of rotatable bonds is 5. The minimum Gasteiger partial charge on any atom is -0.476 e. The highest BCUT2D eigenvalue weighted by Gasteiger charge is 2.25. The van der Waals surface area contributed by atoms with E-state index in [4.69, 9.17) is 20.4 Å². The molecule has 22 heavy (non-hydrogen) atoms. The summed E-state index contributed by atoms with van der Waals surface area (Å²) < 4.78 is 5.13. The van der Waals surface area contributed by atoms with E-state index >= 15 is 0 Å². The number of hydrogen-bond donors (Lipinski definition) is 2. The summed E-state index contributed by atoms with van der Waals surface area (Å²) in [5.74, 6) is -1.52. The topological polar surface area (TPSA) is 124 Å². The number of carboxylic acid groups (broad SMARTS) is 1. The molecule has 0 unspecified atom stereocenters. The molecule has 0 spiro atoms. The van der Waals surface area contributed by atoms with Gasteiger partial charge < -0.3 is 20.4 Å². The van der Waals surface area contributed by atoms with Crippen molar-refractivity contribution >= 4 is 34.1 Å². The van der Waals surface area contributed by atoms with Crippen LogP contribution in [0.1, 0.15) is 38.3 Å². The molecule has 2 rings (SSSR count). The summed E-state index contributed by atoms with van der Waals surface area (Å²) in [4.78, 5) is 31.3. The predicted molar refractivity (Wildman–Crippen MR) is 79.6 cm³/mol. The van der Waals surface area contributed by atoms with Crippen molar-refractivity contribution in [3.05, 3.63) is 11.1 Å². The Morgan fingerprint density at radius 3 is 2.50 bits per heavy atom. The molecule has 1 saturated carbocycles. The molecule has 1 fully saturated rings. The molecule has 0 atom stereocenters. The lowest BCUT2D eigenvalue weighted by molar-refractivity contribution is -0.149. The summed E-state index contributed by atoms with van der Waals surface area (Å²) in [6.07, 6.45) is 2.34. The van der Waals surface area contributed by atoms with Gasteiger partial charge >= 0.3 is 11.9 Å². The largest absolute Gasteiger partial charge is 0.476 e. The van der Waals surface area contributed by atoms with Gasteiger partial charge in [0, 0.05) is 12.3 Å². The summed E-state index contributed by atoms with van der Waals surface area (Å²) in [5.41, 5.74) is 5.40. The Balaban J connectivity index is 1.92. The van der Waals surface area contributed by atoms with Gasteiger partial charge in [-0.2, -0.15) is 0 Å². The number of ether oxygens (including phenoxy) is 1. The molecule has 1 aliphatic rings. The van der Waals surface area contributed by atoms with Crippen LogP contribution in [0.5, 0.6) is 0 Å². The molecule has 1 aromatic rings. The molecular formula is C13H17N3O5S. The van der Waals surface area contributed by atoms with E-state index in [2.05, 4.69) is 10.1 Å². The fraction of sp³-hybridized carbons (Fsp3) is 0.538. The quantitative estimate of drug-likeness (QED) is 0.476. The normalized spacial score (nSPS) is 22.1. The van der Waals surface area contributed by atoms with Crippen molar-refractivity contribution in [1.82, 2.24) is 4.98 Å². The molecular weight excluding hydrogens is 310 g/mol. The summed E-state index contributed by atoms with van der Waals surface area (Å²) >= 11 is 1.14. The van der Waals surface area contributed by atoms with E-state index < -0.39 is 5.97 Å². The van der Waals surface area contributed by atoms with Crippen LogP contribution in [0.15, 0.2) is 10.5 Å². The average molecular weight is 327 g/mol. The molecule has 1 aromatic heterocycles.